The molecule has 84 valence electrons. The van der Waals surface area contributed by atoms with Crippen molar-refractivity contribution in [3.8, 4) is 0 Å². The van der Waals surface area contributed by atoms with Crippen LogP contribution in [0.5, 0.6) is 0 Å². The number of rotatable bonds is 7. The molecule has 0 saturated carbocycles. The van der Waals surface area contributed by atoms with Crippen LogP contribution in [0.1, 0.15) is 31.7 Å². The summed E-state index contributed by atoms with van der Waals surface area (Å²) >= 11 is 0. The molecule has 1 rings (SSSR count). The van der Waals surface area contributed by atoms with Gasteiger partial charge in [0.2, 0.25) is 0 Å². The van der Waals surface area contributed by atoms with Crippen LogP contribution in [0.3, 0.4) is 0 Å². The zero-order valence-corrected chi connectivity index (χ0v) is 9.54. The third-order valence-electron chi connectivity index (χ3n) is 2.59. The fourth-order valence-electron chi connectivity index (χ4n) is 1.63. The molecule has 0 aliphatic carbocycles. The molecule has 1 aromatic rings. The van der Waals surface area contributed by atoms with Crippen molar-refractivity contribution >= 4 is 0 Å². The summed E-state index contributed by atoms with van der Waals surface area (Å²) in [7, 11) is 0. The smallest absolute Gasteiger partial charge is 0.0809 e. The van der Waals surface area contributed by atoms with Gasteiger partial charge in [-0.2, -0.15) is 0 Å². The van der Waals surface area contributed by atoms with E-state index in [1.54, 1.807) is 0 Å². The highest BCUT2D eigenvalue weighted by molar-refractivity contribution is 5.14. The lowest BCUT2D eigenvalue weighted by atomic mass is 10.1. The summed E-state index contributed by atoms with van der Waals surface area (Å²) in [6.45, 7) is 3.63. The molecule has 1 N–H and O–H groups in total. The highest BCUT2D eigenvalue weighted by Crippen LogP contribution is 1.97. The van der Waals surface area contributed by atoms with Gasteiger partial charge in [-0.15, -0.1) is 0 Å². The molecule has 0 aliphatic rings. The first-order valence-electron chi connectivity index (χ1n) is 5.88. The fourth-order valence-corrected chi connectivity index (χ4v) is 1.63. The van der Waals surface area contributed by atoms with Crippen LogP contribution in [0.15, 0.2) is 30.3 Å². The van der Waals surface area contributed by atoms with E-state index < -0.39 is 0 Å². The van der Waals surface area contributed by atoms with E-state index in [4.69, 9.17) is 0 Å². The molecular weight excluding hydrogens is 186 g/mol. The van der Waals surface area contributed by atoms with Gasteiger partial charge in [0, 0.05) is 6.42 Å². The van der Waals surface area contributed by atoms with Crippen molar-refractivity contribution in [3.05, 3.63) is 41.1 Å². The van der Waals surface area contributed by atoms with Crippen LogP contribution < -0.4 is 5.06 Å². The van der Waals surface area contributed by atoms with Gasteiger partial charge in [-0.05, 0) is 18.4 Å². The van der Waals surface area contributed by atoms with Gasteiger partial charge in [0.05, 0.1) is 13.1 Å². The van der Waals surface area contributed by atoms with E-state index in [1.807, 2.05) is 18.2 Å². The number of hydrogen-bond donors (Lipinski definition) is 1. The average molecular weight is 207 g/mol. The number of hydrogen-bond acceptors (Lipinski definition) is 1. The molecule has 1 atom stereocenters. The van der Waals surface area contributed by atoms with E-state index in [2.05, 4.69) is 19.1 Å². The van der Waals surface area contributed by atoms with Gasteiger partial charge in [-0.25, -0.2) is 0 Å². The predicted octanol–water partition coefficient (Wildman–Crippen LogP) is 1.80. The van der Waals surface area contributed by atoms with E-state index in [9.17, 15) is 5.21 Å². The van der Waals surface area contributed by atoms with Gasteiger partial charge in [0.1, 0.15) is 0 Å². The molecule has 0 spiro atoms. The average Bonchev–Trinajstić information content (AvgIpc) is 2.28. The Hall–Kier alpha value is -0.860. The number of unbranched alkanes of at least 4 members (excludes halogenated alkanes) is 2. The van der Waals surface area contributed by atoms with Gasteiger partial charge < -0.3 is 10.3 Å². The highest BCUT2D eigenvalue weighted by Gasteiger charge is 1.98. The molecule has 0 fully saturated rings. The van der Waals surface area contributed by atoms with Crippen molar-refractivity contribution in [2.45, 2.75) is 32.6 Å². The minimum absolute atomic E-state index is 0.410. The summed E-state index contributed by atoms with van der Waals surface area (Å²) in [4.78, 5) is 0. The first kappa shape index (κ1) is 12.2. The molecule has 0 heterocycles. The Kier molecular flexibility index (Phi) is 6.05. The van der Waals surface area contributed by atoms with Crippen molar-refractivity contribution < 1.29 is 5.06 Å². The van der Waals surface area contributed by atoms with Gasteiger partial charge in [-0.1, -0.05) is 43.7 Å². The van der Waals surface area contributed by atoms with Crippen molar-refractivity contribution in [1.29, 1.82) is 0 Å². The fraction of sp³-hybridized carbons (Fsp3) is 0.538. The van der Waals surface area contributed by atoms with E-state index in [1.165, 1.54) is 18.4 Å². The minimum atomic E-state index is 0.410. The third kappa shape index (κ3) is 5.55. The highest BCUT2D eigenvalue weighted by atomic mass is 16.5. The van der Waals surface area contributed by atoms with Gasteiger partial charge in [0.25, 0.3) is 0 Å². The van der Waals surface area contributed by atoms with E-state index in [0.29, 0.717) is 11.6 Å². The summed E-state index contributed by atoms with van der Waals surface area (Å²) in [5.74, 6) is 0. The summed E-state index contributed by atoms with van der Waals surface area (Å²) in [5.41, 5.74) is 1.27. The number of quaternary nitrogens is 1. The van der Waals surface area contributed by atoms with Crippen LogP contribution in [0.25, 0.3) is 0 Å². The van der Waals surface area contributed by atoms with Gasteiger partial charge in [-0.3, -0.25) is 0 Å². The van der Waals surface area contributed by atoms with Gasteiger partial charge >= 0.3 is 0 Å². The van der Waals surface area contributed by atoms with E-state index in [0.717, 1.165) is 19.4 Å². The van der Waals surface area contributed by atoms with Crippen LogP contribution in [0.4, 0.5) is 0 Å². The van der Waals surface area contributed by atoms with Crippen LogP contribution in [0.2, 0.25) is 0 Å². The Bertz CT molecular complexity index is 248. The normalized spacial score (nSPS) is 12.7. The van der Waals surface area contributed by atoms with Crippen molar-refractivity contribution in [3.63, 3.8) is 0 Å². The van der Waals surface area contributed by atoms with Crippen LogP contribution in [-0.4, -0.2) is 13.1 Å². The Morgan fingerprint density at radius 3 is 2.47 bits per heavy atom. The van der Waals surface area contributed by atoms with Crippen molar-refractivity contribution in [2.75, 3.05) is 13.1 Å². The minimum Gasteiger partial charge on any atom is -0.634 e. The molecule has 0 aliphatic heterocycles. The molecule has 1 unspecified atom stereocenters. The van der Waals surface area contributed by atoms with Crippen molar-refractivity contribution in [1.82, 2.24) is 0 Å². The predicted molar refractivity (Wildman–Crippen MR) is 63.7 cm³/mol. The van der Waals surface area contributed by atoms with E-state index in [-0.39, 0.29) is 0 Å². The zero-order chi connectivity index (χ0) is 10.9. The molecule has 0 aromatic heterocycles. The summed E-state index contributed by atoms with van der Waals surface area (Å²) < 4.78 is 0. The maximum absolute atomic E-state index is 11.5. The molecule has 1 aromatic carbocycles. The third-order valence-corrected chi connectivity index (χ3v) is 2.59. The Morgan fingerprint density at radius 2 is 1.80 bits per heavy atom. The van der Waals surface area contributed by atoms with Gasteiger partial charge in [0.15, 0.2) is 0 Å². The largest absolute Gasteiger partial charge is 0.634 e. The maximum atomic E-state index is 11.5. The molecule has 0 amide bonds. The number of benzene rings is 1. The summed E-state index contributed by atoms with van der Waals surface area (Å²) in [6.07, 6.45) is 4.32. The lowest BCUT2D eigenvalue weighted by Gasteiger charge is -2.22. The maximum Gasteiger partial charge on any atom is 0.0809 e. The second-order valence-corrected chi connectivity index (χ2v) is 3.98. The molecule has 0 saturated heterocycles. The summed E-state index contributed by atoms with van der Waals surface area (Å²) in [5, 5.41) is 11.9. The monoisotopic (exact) mass is 207 g/mol. The lowest BCUT2D eigenvalue weighted by Crippen LogP contribution is -3.07. The second-order valence-electron chi connectivity index (χ2n) is 3.98. The molecule has 0 bridgehead atoms. The number of hydroxylamine groups is 2. The second kappa shape index (κ2) is 7.43. The molecule has 15 heavy (non-hydrogen) atoms. The zero-order valence-electron chi connectivity index (χ0n) is 9.54. The molecule has 0 radical (unpaired) electrons. The Balaban J connectivity index is 2.14. The van der Waals surface area contributed by atoms with Crippen molar-refractivity contribution in [2.24, 2.45) is 0 Å². The van der Waals surface area contributed by atoms with Crippen LogP contribution in [0, 0.1) is 5.21 Å². The first-order chi connectivity index (χ1) is 7.33. The standard InChI is InChI=1S/C13H21NO/c1-2-3-7-11-14(15)12-10-13-8-5-4-6-9-13/h4-6,8-9,14H,2-3,7,10-12H2,1H3. The molecule has 2 heteroatoms. The topological polar surface area (TPSA) is 27.5 Å². The van der Waals surface area contributed by atoms with Crippen LogP contribution in [-0.2, 0) is 6.42 Å². The summed E-state index contributed by atoms with van der Waals surface area (Å²) in [6, 6.07) is 10.2. The Labute approximate surface area is 92.5 Å². The first-order valence-corrected chi connectivity index (χ1v) is 5.88. The molecular formula is C13H21NO. The lowest BCUT2D eigenvalue weighted by molar-refractivity contribution is -0.848. The van der Waals surface area contributed by atoms with E-state index >= 15 is 0 Å². The molecule has 2 nitrogen and oxygen atoms in total. The Morgan fingerprint density at radius 1 is 1.07 bits per heavy atom. The number of nitrogens with one attached hydrogen (secondary N) is 1. The van der Waals surface area contributed by atoms with Crippen LogP contribution >= 0.6 is 0 Å². The quantitative estimate of drug-likeness (QED) is 0.536. The SMILES string of the molecule is CCCCC[NH+]([O-])CCc1ccccc1.